The van der Waals surface area contributed by atoms with Crippen LogP contribution in [-0.4, -0.2) is 26.5 Å². The van der Waals surface area contributed by atoms with Crippen LogP contribution in [0, 0.1) is 6.92 Å². The molecule has 0 aliphatic heterocycles. The van der Waals surface area contributed by atoms with E-state index in [-0.39, 0.29) is 0 Å². The molecule has 0 bridgehead atoms. The molecular formula is C14H15N5. The number of nitrogens with two attached hydrogens (primary N) is 1. The van der Waals surface area contributed by atoms with Crippen molar-refractivity contribution in [2.45, 2.75) is 13.3 Å². The predicted octanol–water partition coefficient (Wildman–Crippen LogP) is 1.83. The highest BCUT2D eigenvalue weighted by Gasteiger charge is 2.13. The summed E-state index contributed by atoms with van der Waals surface area (Å²) in [5, 5.41) is 1.06. The van der Waals surface area contributed by atoms with Crippen LogP contribution in [0.2, 0.25) is 0 Å². The molecule has 0 radical (unpaired) electrons. The highest BCUT2D eigenvalue weighted by molar-refractivity contribution is 5.93. The normalized spacial score (nSPS) is 11.1. The van der Waals surface area contributed by atoms with E-state index in [1.807, 2.05) is 25.3 Å². The summed E-state index contributed by atoms with van der Waals surface area (Å²) in [6.07, 6.45) is 6.32. The Labute approximate surface area is 110 Å². The highest BCUT2D eigenvalue weighted by Crippen LogP contribution is 2.28. The lowest BCUT2D eigenvalue weighted by atomic mass is 10.1. The van der Waals surface area contributed by atoms with Crippen molar-refractivity contribution in [1.29, 1.82) is 0 Å². The van der Waals surface area contributed by atoms with Gasteiger partial charge < -0.3 is 10.7 Å². The zero-order chi connectivity index (χ0) is 13.2. The minimum absolute atomic E-state index is 0.608. The lowest BCUT2D eigenvalue weighted by Gasteiger charge is -2.06. The Balaban J connectivity index is 2.30. The van der Waals surface area contributed by atoms with Gasteiger partial charge in [0.15, 0.2) is 0 Å². The van der Waals surface area contributed by atoms with Crippen LogP contribution in [0.4, 0.5) is 0 Å². The number of rotatable bonds is 3. The van der Waals surface area contributed by atoms with Gasteiger partial charge in [-0.15, -0.1) is 0 Å². The Morgan fingerprint density at radius 1 is 1.21 bits per heavy atom. The van der Waals surface area contributed by atoms with Crippen molar-refractivity contribution < 1.29 is 0 Å². The second-order valence-corrected chi connectivity index (χ2v) is 4.43. The topological polar surface area (TPSA) is 80.5 Å². The van der Waals surface area contributed by atoms with E-state index in [1.54, 1.807) is 12.4 Å². The Bertz CT molecular complexity index is 702. The average Bonchev–Trinajstić information content (AvgIpc) is 2.82. The number of aromatic amines is 1. The van der Waals surface area contributed by atoms with Crippen LogP contribution in [-0.2, 0) is 6.42 Å². The van der Waals surface area contributed by atoms with E-state index in [0.29, 0.717) is 6.54 Å². The maximum atomic E-state index is 5.66. The van der Waals surface area contributed by atoms with Crippen molar-refractivity contribution in [2.75, 3.05) is 6.54 Å². The molecule has 5 nitrogen and oxygen atoms in total. The minimum Gasteiger partial charge on any atom is -0.346 e. The summed E-state index contributed by atoms with van der Waals surface area (Å²) in [6, 6.07) is 3.92. The molecule has 0 saturated carbocycles. The molecule has 0 saturated heterocycles. The number of pyridine rings is 1. The number of aromatic nitrogens is 4. The first kappa shape index (κ1) is 11.8. The second kappa shape index (κ2) is 4.78. The van der Waals surface area contributed by atoms with Gasteiger partial charge in [-0.2, -0.15) is 0 Å². The Morgan fingerprint density at radius 3 is 2.74 bits per heavy atom. The maximum Gasteiger partial charge on any atom is 0.141 e. The SMILES string of the molecule is Cc1nc(-c2ccncc2)c2c(CCN)c[nH]c2n1. The van der Waals surface area contributed by atoms with Gasteiger partial charge in [-0.05, 0) is 37.6 Å². The first-order chi connectivity index (χ1) is 9.29. The molecule has 0 spiro atoms. The summed E-state index contributed by atoms with van der Waals surface area (Å²) in [4.78, 5) is 16.3. The van der Waals surface area contributed by atoms with Crippen molar-refractivity contribution in [3.8, 4) is 11.3 Å². The van der Waals surface area contributed by atoms with Crippen molar-refractivity contribution in [2.24, 2.45) is 5.73 Å². The van der Waals surface area contributed by atoms with Gasteiger partial charge in [0.05, 0.1) is 5.69 Å². The summed E-state index contributed by atoms with van der Waals surface area (Å²) in [5.74, 6) is 0.750. The number of hydrogen-bond acceptors (Lipinski definition) is 4. The third-order valence-corrected chi connectivity index (χ3v) is 3.09. The van der Waals surface area contributed by atoms with E-state index in [0.717, 1.165) is 40.1 Å². The third kappa shape index (κ3) is 2.08. The number of fused-ring (bicyclic) bond motifs is 1. The van der Waals surface area contributed by atoms with E-state index >= 15 is 0 Å². The van der Waals surface area contributed by atoms with Crippen molar-refractivity contribution >= 4 is 11.0 Å². The molecule has 96 valence electrons. The largest absolute Gasteiger partial charge is 0.346 e. The molecule has 0 amide bonds. The van der Waals surface area contributed by atoms with Gasteiger partial charge in [-0.3, -0.25) is 4.98 Å². The van der Waals surface area contributed by atoms with Gasteiger partial charge in [-0.1, -0.05) is 0 Å². The van der Waals surface area contributed by atoms with E-state index in [4.69, 9.17) is 5.73 Å². The van der Waals surface area contributed by atoms with Gasteiger partial charge in [0.1, 0.15) is 11.5 Å². The van der Waals surface area contributed by atoms with Gasteiger partial charge in [0.2, 0.25) is 0 Å². The van der Waals surface area contributed by atoms with Crippen molar-refractivity contribution in [3.63, 3.8) is 0 Å². The van der Waals surface area contributed by atoms with Crippen LogP contribution in [0.25, 0.3) is 22.3 Å². The van der Waals surface area contributed by atoms with E-state index in [9.17, 15) is 0 Å². The quantitative estimate of drug-likeness (QED) is 0.746. The van der Waals surface area contributed by atoms with Crippen molar-refractivity contribution in [3.05, 3.63) is 42.1 Å². The first-order valence-electron chi connectivity index (χ1n) is 6.24. The molecule has 0 fully saturated rings. The van der Waals surface area contributed by atoms with Crippen LogP contribution < -0.4 is 5.73 Å². The summed E-state index contributed by atoms with van der Waals surface area (Å²) < 4.78 is 0. The molecule has 0 atom stereocenters. The molecule has 0 aliphatic rings. The third-order valence-electron chi connectivity index (χ3n) is 3.09. The lowest BCUT2D eigenvalue weighted by Crippen LogP contribution is -2.03. The predicted molar refractivity (Wildman–Crippen MR) is 74.6 cm³/mol. The molecule has 0 unspecified atom stereocenters. The summed E-state index contributed by atoms with van der Waals surface area (Å²) in [7, 11) is 0. The maximum absolute atomic E-state index is 5.66. The van der Waals surface area contributed by atoms with Gasteiger partial charge in [0.25, 0.3) is 0 Å². The molecule has 3 N–H and O–H groups in total. The lowest BCUT2D eigenvalue weighted by molar-refractivity contribution is 0.976. The highest BCUT2D eigenvalue weighted by atomic mass is 14.9. The van der Waals surface area contributed by atoms with Crippen LogP contribution in [0.3, 0.4) is 0 Å². The fourth-order valence-corrected chi connectivity index (χ4v) is 2.28. The van der Waals surface area contributed by atoms with Gasteiger partial charge in [0, 0.05) is 29.5 Å². The number of nitrogens with zero attached hydrogens (tertiary/aromatic N) is 3. The van der Waals surface area contributed by atoms with Crippen LogP contribution in [0.1, 0.15) is 11.4 Å². The molecule has 5 heteroatoms. The summed E-state index contributed by atoms with van der Waals surface area (Å²) in [5.41, 5.74) is 9.67. The molecule has 3 rings (SSSR count). The number of aryl methyl sites for hydroxylation is 1. The molecule has 3 aromatic rings. The zero-order valence-corrected chi connectivity index (χ0v) is 10.7. The molecule has 19 heavy (non-hydrogen) atoms. The number of hydrogen-bond donors (Lipinski definition) is 2. The van der Waals surface area contributed by atoms with Gasteiger partial charge in [-0.25, -0.2) is 9.97 Å². The first-order valence-corrected chi connectivity index (χ1v) is 6.24. The fourth-order valence-electron chi connectivity index (χ4n) is 2.28. The van der Waals surface area contributed by atoms with Gasteiger partial charge >= 0.3 is 0 Å². The summed E-state index contributed by atoms with van der Waals surface area (Å²) >= 11 is 0. The van der Waals surface area contributed by atoms with Crippen LogP contribution in [0.5, 0.6) is 0 Å². The van der Waals surface area contributed by atoms with Crippen LogP contribution >= 0.6 is 0 Å². The zero-order valence-electron chi connectivity index (χ0n) is 10.7. The van der Waals surface area contributed by atoms with E-state index in [2.05, 4.69) is 19.9 Å². The smallest absolute Gasteiger partial charge is 0.141 e. The average molecular weight is 253 g/mol. The monoisotopic (exact) mass is 253 g/mol. The fraction of sp³-hybridized carbons (Fsp3) is 0.214. The molecule has 0 aromatic carbocycles. The van der Waals surface area contributed by atoms with E-state index < -0.39 is 0 Å². The molecule has 3 heterocycles. The molecule has 0 aliphatic carbocycles. The Morgan fingerprint density at radius 2 is 2.00 bits per heavy atom. The molecular weight excluding hydrogens is 238 g/mol. The van der Waals surface area contributed by atoms with Crippen LogP contribution in [0.15, 0.2) is 30.7 Å². The minimum atomic E-state index is 0.608. The second-order valence-electron chi connectivity index (χ2n) is 4.43. The summed E-state index contributed by atoms with van der Waals surface area (Å²) in [6.45, 7) is 2.50. The molecule has 3 aromatic heterocycles. The number of H-pyrrole nitrogens is 1. The van der Waals surface area contributed by atoms with E-state index in [1.165, 1.54) is 0 Å². The number of nitrogens with one attached hydrogen (secondary N) is 1. The standard InChI is InChI=1S/C14H15N5/c1-9-18-13(10-3-6-16-7-4-10)12-11(2-5-15)8-17-14(12)19-9/h3-4,6-8H,2,5,15H2,1H3,(H,17,18,19). The Kier molecular flexibility index (Phi) is 2.97. The van der Waals surface area contributed by atoms with Crippen molar-refractivity contribution in [1.82, 2.24) is 19.9 Å². The Hall–Kier alpha value is -2.27.